The molecule has 3 aromatic rings. The molecule has 3 rings (SSSR count). The number of ether oxygens (including phenoxy) is 1. The van der Waals surface area contributed by atoms with Crippen molar-refractivity contribution in [2.75, 3.05) is 12.4 Å². The first-order valence-corrected chi connectivity index (χ1v) is 6.80. The number of amides is 1. The van der Waals surface area contributed by atoms with Crippen LogP contribution < -0.4 is 15.0 Å². The van der Waals surface area contributed by atoms with Crippen LogP contribution in [0.15, 0.2) is 42.7 Å². The van der Waals surface area contributed by atoms with E-state index in [1.807, 2.05) is 18.2 Å². The predicted molar refractivity (Wildman–Crippen MR) is 77.1 cm³/mol. The molecule has 1 amide bonds. The highest BCUT2D eigenvalue weighted by atomic mass is 32.1. The van der Waals surface area contributed by atoms with Crippen molar-refractivity contribution < 1.29 is 14.5 Å². The van der Waals surface area contributed by atoms with Crippen LogP contribution in [0.2, 0.25) is 0 Å². The van der Waals surface area contributed by atoms with Gasteiger partial charge < -0.3 is 4.74 Å². The monoisotopic (exact) mass is 286 g/mol. The molecular formula is C14H12N3O2S+. The lowest BCUT2D eigenvalue weighted by Crippen LogP contribution is -2.14. The third kappa shape index (κ3) is 2.46. The van der Waals surface area contributed by atoms with E-state index in [0.29, 0.717) is 10.7 Å². The summed E-state index contributed by atoms with van der Waals surface area (Å²) in [4.78, 5) is 19.3. The van der Waals surface area contributed by atoms with Gasteiger partial charge in [-0.15, -0.1) is 0 Å². The number of carbonyl (C=O) groups excluding carboxylic acids is 1. The van der Waals surface area contributed by atoms with Crippen molar-refractivity contribution in [3.05, 3.63) is 48.3 Å². The number of aromatic amines is 1. The van der Waals surface area contributed by atoms with Gasteiger partial charge in [-0.3, -0.25) is 10.1 Å². The normalized spacial score (nSPS) is 10.4. The first kappa shape index (κ1) is 12.6. The lowest BCUT2D eigenvalue weighted by molar-refractivity contribution is -0.378. The fourth-order valence-electron chi connectivity index (χ4n) is 1.79. The average Bonchev–Trinajstić information content (AvgIpc) is 2.89. The number of thiazole rings is 1. The van der Waals surface area contributed by atoms with E-state index in [1.54, 1.807) is 31.6 Å². The molecule has 0 unspecified atom stereocenters. The molecule has 5 nitrogen and oxygen atoms in total. The van der Waals surface area contributed by atoms with Gasteiger partial charge >= 0.3 is 0 Å². The second-order valence-electron chi connectivity index (χ2n) is 4.10. The number of fused-ring (bicyclic) bond motifs is 1. The maximum absolute atomic E-state index is 12.0. The molecule has 0 bridgehead atoms. The summed E-state index contributed by atoms with van der Waals surface area (Å²) < 4.78 is 6.14. The van der Waals surface area contributed by atoms with Crippen molar-refractivity contribution in [3.63, 3.8) is 0 Å². The molecule has 2 aromatic heterocycles. The number of carbonyl (C=O) groups is 1. The Hall–Kier alpha value is -2.47. The van der Waals surface area contributed by atoms with E-state index in [1.165, 1.54) is 11.3 Å². The van der Waals surface area contributed by atoms with Gasteiger partial charge in [0.15, 0.2) is 17.5 Å². The summed E-state index contributed by atoms with van der Waals surface area (Å²) in [5.74, 6) is 0.588. The van der Waals surface area contributed by atoms with Crippen molar-refractivity contribution in [1.29, 1.82) is 0 Å². The molecule has 20 heavy (non-hydrogen) atoms. The first-order valence-electron chi connectivity index (χ1n) is 5.98. The van der Waals surface area contributed by atoms with E-state index < -0.39 is 0 Å². The zero-order chi connectivity index (χ0) is 13.9. The highest BCUT2D eigenvalue weighted by Crippen LogP contribution is 2.29. The Balaban J connectivity index is 1.86. The zero-order valence-electron chi connectivity index (χ0n) is 10.7. The molecule has 0 aliphatic heterocycles. The number of benzene rings is 1. The second-order valence-corrected chi connectivity index (χ2v) is 5.13. The van der Waals surface area contributed by atoms with Crippen LogP contribution in [-0.2, 0) is 0 Å². The third-order valence-electron chi connectivity index (χ3n) is 2.79. The summed E-state index contributed by atoms with van der Waals surface area (Å²) in [6.45, 7) is 0. The van der Waals surface area contributed by atoms with Crippen LogP contribution in [-0.4, -0.2) is 18.0 Å². The summed E-state index contributed by atoms with van der Waals surface area (Å²) in [6.07, 6.45) is 3.40. The molecule has 0 saturated heterocycles. The lowest BCUT2D eigenvalue weighted by Gasteiger charge is -1.97. The van der Waals surface area contributed by atoms with Crippen LogP contribution in [0.1, 0.15) is 10.4 Å². The van der Waals surface area contributed by atoms with Gasteiger partial charge in [-0.25, -0.2) is 9.97 Å². The lowest BCUT2D eigenvalue weighted by atomic mass is 10.3. The number of nitrogens with zero attached hydrogens (tertiary/aromatic N) is 1. The summed E-state index contributed by atoms with van der Waals surface area (Å²) in [5, 5.41) is 3.36. The van der Waals surface area contributed by atoms with Crippen LogP contribution in [0.3, 0.4) is 0 Å². The summed E-state index contributed by atoms with van der Waals surface area (Å²) in [7, 11) is 1.62. The molecule has 0 saturated carbocycles. The Labute approximate surface area is 119 Å². The fraction of sp³-hybridized carbons (Fsp3) is 0.0714. The fourth-order valence-corrected chi connectivity index (χ4v) is 2.68. The van der Waals surface area contributed by atoms with E-state index in [9.17, 15) is 4.79 Å². The quantitative estimate of drug-likeness (QED) is 0.804. The standard InChI is InChI=1S/C14H11N3O2S/c1-19-10-4-5-11-12(7-10)20-14(16-11)17-13(18)9-3-2-6-15-8-9/h2-8H,1H3,(H,16,17,18)/p+1. The topological polar surface area (TPSA) is 65.4 Å². The summed E-state index contributed by atoms with van der Waals surface area (Å²) in [5.41, 5.74) is 1.40. The molecule has 0 spiro atoms. The van der Waals surface area contributed by atoms with Gasteiger partial charge in [0, 0.05) is 6.07 Å². The molecule has 0 atom stereocenters. The van der Waals surface area contributed by atoms with Gasteiger partial charge in [-0.1, -0.05) is 11.3 Å². The van der Waals surface area contributed by atoms with E-state index >= 15 is 0 Å². The highest BCUT2D eigenvalue weighted by molar-refractivity contribution is 7.22. The van der Waals surface area contributed by atoms with Gasteiger partial charge in [0.25, 0.3) is 5.91 Å². The van der Waals surface area contributed by atoms with E-state index in [-0.39, 0.29) is 5.91 Å². The van der Waals surface area contributed by atoms with Crippen LogP contribution in [0.5, 0.6) is 5.75 Å². The minimum absolute atomic E-state index is 0.187. The van der Waals surface area contributed by atoms with E-state index in [2.05, 4.69) is 15.3 Å². The predicted octanol–water partition coefficient (Wildman–Crippen LogP) is 2.37. The van der Waals surface area contributed by atoms with Gasteiger partial charge in [0.2, 0.25) is 0 Å². The van der Waals surface area contributed by atoms with Crippen molar-refractivity contribution in [3.8, 4) is 5.75 Å². The smallest absolute Gasteiger partial charge is 0.263 e. The van der Waals surface area contributed by atoms with Crippen LogP contribution >= 0.6 is 11.3 Å². The third-order valence-corrected chi connectivity index (χ3v) is 3.72. The van der Waals surface area contributed by atoms with E-state index in [4.69, 9.17) is 4.74 Å². The Morgan fingerprint density at radius 3 is 3.05 bits per heavy atom. The molecular weight excluding hydrogens is 274 g/mol. The Kier molecular flexibility index (Phi) is 3.30. The minimum atomic E-state index is -0.187. The molecule has 100 valence electrons. The van der Waals surface area contributed by atoms with E-state index in [0.717, 1.165) is 16.0 Å². The number of aromatic nitrogens is 2. The summed E-state index contributed by atoms with van der Waals surface area (Å²) in [6, 6.07) is 9.13. The minimum Gasteiger partial charge on any atom is -0.497 e. The Morgan fingerprint density at radius 2 is 2.30 bits per heavy atom. The number of hydrogen-bond donors (Lipinski definition) is 1. The number of pyridine rings is 1. The number of H-pyrrole nitrogens is 1. The SMILES string of the molecule is COc1ccc2nc(NC(=O)c3ccc[nH+]c3)sc2c1. The second kappa shape index (κ2) is 5.26. The van der Waals surface area contributed by atoms with Crippen LogP contribution in [0.4, 0.5) is 5.13 Å². The molecule has 2 heterocycles. The Morgan fingerprint density at radius 1 is 1.40 bits per heavy atom. The molecule has 2 N–H and O–H groups in total. The number of nitrogens with one attached hydrogen (secondary N) is 2. The Bertz CT molecular complexity index is 755. The zero-order valence-corrected chi connectivity index (χ0v) is 11.5. The van der Waals surface area contributed by atoms with Crippen molar-refractivity contribution in [2.45, 2.75) is 0 Å². The molecule has 1 aromatic carbocycles. The number of methoxy groups -OCH3 is 1. The number of anilines is 1. The van der Waals surface area contributed by atoms with Crippen molar-refractivity contribution >= 4 is 32.6 Å². The number of hydrogen-bond acceptors (Lipinski definition) is 4. The molecule has 0 radical (unpaired) electrons. The van der Waals surface area contributed by atoms with Crippen LogP contribution in [0, 0.1) is 0 Å². The van der Waals surface area contributed by atoms with Gasteiger partial charge in [-0.2, -0.15) is 0 Å². The maximum atomic E-state index is 12.0. The molecule has 0 aliphatic carbocycles. The summed E-state index contributed by atoms with van der Waals surface area (Å²) >= 11 is 1.42. The maximum Gasteiger partial charge on any atom is 0.263 e. The molecule has 0 aliphatic rings. The first-order chi connectivity index (χ1) is 9.76. The van der Waals surface area contributed by atoms with Gasteiger partial charge in [0.1, 0.15) is 11.3 Å². The van der Waals surface area contributed by atoms with Gasteiger partial charge in [-0.05, 0) is 24.3 Å². The molecule has 6 heteroatoms. The largest absolute Gasteiger partial charge is 0.497 e. The average molecular weight is 286 g/mol. The van der Waals surface area contributed by atoms with Gasteiger partial charge in [0.05, 0.1) is 17.3 Å². The highest BCUT2D eigenvalue weighted by Gasteiger charge is 2.11. The molecule has 0 fully saturated rings. The van der Waals surface area contributed by atoms with Crippen molar-refractivity contribution in [1.82, 2.24) is 4.98 Å². The number of rotatable bonds is 3. The van der Waals surface area contributed by atoms with Crippen molar-refractivity contribution in [2.24, 2.45) is 0 Å². The van der Waals surface area contributed by atoms with Crippen LogP contribution in [0.25, 0.3) is 10.2 Å².